The van der Waals surface area contributed by atoms with Crippen LogP contribution in [0.25, 0.3) is 10.8 Å². The molecule has 1 saturated heterocycles. The van der Waals surface area contributed by atoms with E-state index in [4.69, 9.17) is 4.74 Å². The summed E-state index contributed by atoms with van der Waals surface area (Å²) in [5.41, 5.74) is 3.43. The Hall–Kier alpha value is -4.72. The highest BCUT2D eigenvalue weighted by Crippen LogP contribution is 2.29. The van der Waals surface area contributed by atoms with Crippen LogP contribution in [-0.2, 0) is 32.6 Å². The number of amides is 2. The van der Waals surface area contributed by atoms with E-state index in [1.165, 1.54) is 13.2 Å². The van der Waals surface area contributed by atoms with Crippen LogP contribution in [0.15, 0.2) is 89.8 Å². The largest absolute Gasteiger partial charge is 0.497 e. The standard InChI is InChI=1S/C34H34N4O5S/c1-24-6-8-25(9-7-24)14-16-36-33(39)23-38(32-15-17-37(34(32)40)22-27-5-3-4-26(18-27)21-35)44(41,42)31-13-11-28-10-12-30(43-2)19-29(28)20-31/h3-13,18-20,32H,14-17,22-23H2,1-2H3,(H,36,39)/t32-/m0/s1. The van der Waals surface area contributed by atoms with E-state index in [0.29, 0.717) is 36.2 Å². The van der Waals surface area contributed by atoms with Gasteiger partial charge < -0.3 is 15.0 Å². The average molecular weight is 611 g/mol. The Balaban J connectivity index is 1.39. The van der Waals surface area contributed by atoms with Gasteiger partial charge in [-0.2, -0.15) is 9.57 Å². The van der Waals surface area contributed by atoms with Gasteiger partial charge in [0.05, 0.1) is 30.2 Å². The number of carbonyl (C=O) groups excluding carboxylic acids is 2. The normalized spacial score (nSPS) is 15.0. The Morgan fingerprint density at radius 1 is 1.02 bits per heavy atom. The molecule has 10 heteroatoms. The molecule has 4 aromatic rings. The molecule has 4 aromatic carbocycles. The molecule has 0 spiro atoms. The second-order valence-electron chi connectivity index (χ2n) is 10.9. The second kappa shape index (κ2) is 13.3. The van der Waals surface area contributed by atoms with Crippen molar-refractivity contribution in [2.45, 2.75) is 37.2 Å². The first-order valence-electron chi connectivity index (χ1n) is 14.4. The predicted molar refractivity (Wildman–Crippen MR) is 167 cm³/mol. The minimum Gasteiger partial charge on any atom is -0.497 e. The summed E-state index contributed by atoms with van der Waals surface area (Å²) in [6, 6.07) is 26.1. The van der Waals surface area contributed by atoms with Gasteiger partial charge in [0.2, 0.25) is 21.8 Å². The molecule has 1 aliphatic heterocycles. The molecule has 5 rings (SSSR count). The summed E-state index contributed by atoms with van der Waals surface area (Å²) < 4.78 is 34.7. The van der Waals surface area contributed by atoms with Crippen LogP contribution < -0.4 is 10.1 Å². The molecule has 226 valence electrons. The van der Waals surface area contributed by atoms with Gasteiger partial charge in [0.15, 0.2) is 0 Å². The number of sulfonamides is 1. The molecule has 1 aliphatic rings. The average Bonchev–Trinajstić information content (AvgIpc) is 3.38. The number of nitrogens with one attached hydrogen (secondary N) is 1. The highest BCUT2D eigenvalue weighted by atomic mass is 32.2. The van der Waals surface area contributed by atoms with Crippen molar-refractivity contribution in [1.29, 1.82) is 5.26 Å². The highest BCUT2D eigenvalue weighted by molar-refractivity contribution is 7.89. The number of nitriles is 1. The fourth-order valence-corrected chi connectivity index (χ4v) is 7.00. The SMILES string of the molecule is COc1ccc2ccc(S(=O)(=O)N(CC(=O)NCCc3ccc(C)cc3)[C@H]3CCN(Cc4cccc(C#N)c4)C3=O)cc2c1. The van der Waals surface area contributed by atoms with Crippen molar-refractivity contribution in [3.63, 3.8) is 0 Å². The number of hydrogen-bond acceptors (Lipinski definition) is 6. The zero-order valence-electron chi connectivity index (χ0n) is 24.7. The van der Waals surface area contributed by atoms with Gasteiger partial charge in [0, 0.05) is 19.6 Å². The zero-order chi connectivity index (χ0) is 31.3. The lowest BCUT2D eigenvalue weighted by Gasteiger charge is -2.27. The van der Waals surface area contributed by atoms with Crippen molar-refractivity contribution in [2.24, 2.45) is 0 Å². The molecule has 0 radical (unpaired) electrons. The summed E-state index contributed by atoms with van der Waals surface area (Å²) in [4.78, 5) is 28.4. The summed E-state index contributed by atoms with van der Waals surface area (Å²) in [5, 5.41) is 13.6. The van der Waals surface area contributed by atoms with Crippen molar-refractivity contribution in [1.82, 2.24) is 14.5 Å². The number of likely N-dealkylation sites (tertiary alicyclic amines) is 1. The van der Waals surface area contributed by atoms with Crippen LogP contribution in [0.3, 0.4) is 0 Å². The van der Waals surface area contributed by atoms with Crippen LogP contribution in [0.4, 0.5) is 0 Å². The smallest absolute Gasteiger partial charge is 0.244 e. The minimum absolute atomic E-state index is 0.0151. The third-order valence-corrected chi connectivity index (χ3v) is 9.68. The van der Waals surface area contributed by atoms with Crippen LogP contribution in [0.1, 0.15) is 28.7 Å². The Morgan fingerprint density at radius 2 is 1.80 bits per heavy atom. The Bertz CT molecular complexity index is 1830. The fourth-order valence-electron chi connectivity index (χ4n) is 5.39. The summed E-state index contributed by atoms with van der Waals surface area (Å²) in [6.45, 7) is 2.38. The lowest BCUT2D eigenvalue weighted by Crippen LogP contribution is -2.49. The minimum atomic E-state index is -4.27. The van der Waals surface area contributed by atoms with Gasteiger partial charge in [-0.05, 0) is 78.1 Å². The molecule has 0 unspecified atom stereocenters. The van der Waals surface area contributed by atoms with Crippen LogP contribution in [0.2, 0.25) is 0 Å². The monoisotopic (exact) mass is 610 g/mol. The molecule has 1 atom stereocenters. The molecule has 44 heavy (non-hydrogen) atoms. The summed E-state index contributed by atoms with van der Waals surface area (Å²) in [6.07, 6.45) is 0.817. The number of hydrogen-bond donors (Lipinski definition) is 1. The van der Waals surface area contributed by atoms with Crippen LogP contribution in [-0.4, -0.2) is 62.2 Å². The van der Waals surface area contributed by atoms with Crippen molar-refractivity contribution in [3.05, 3.63) is 107 Å². The highest BCUT2D eigenvalue weighted by Gasteiger charge is 2.43. The first kappa shape index (κ1) is 30.7. The number of aryl methyl sites for hydroxylation is 1. The molecular weight excluding hydrogens is 576 g/mol. The number of methoxy groups -OCH3 is 1. The van der Waals surface area contributed by atoms with Gasteiger partial charge in [-0.15, -0.1) is 0 Å². The maximum absolute atomic E-state index is 14.2. The molecule has 1 heterocycles. The van der Waals surface area contributed by atoms with E-state index in [-0.39, 0.29) is 23.8 Å². The number of rotatable bonds is 11. The quantitative estimate of drug-likeness (QED) is 0.272. The molecule has 0 saturated carbocycles. The Labute approximate surface area is 257 Å². The number of carbonyl (C=O) groups is 2. The zero-order valence-corrected chi connectivity index (χ0v) is 25.5. The van der Waals surface area contributed by atoms with Gasteiger partial charge in [0.1, 0.15) is 11.8 Å². The number of ether oxygens (including phenoxy) is 1. The molecule has 0 aromatic heterocycles. The lowest BCUT2D eigenvalue weighted by molar-refractivity contribution is -0.131. The third-order valence-electron chi connectivity index (χ3n) is 7.83. The van der Waals surface area contributed by atoms with Crippen molar-refractivity contribution in [3.8, 4) is 11.8 Å². The van der Waals surface area contributed by atoms with Crippen molar-refractivity contribution in [2.75, 3.05) is 26.7 Å². The van der Waals surface area contributed by atoms with E-state index in [0.717, 1.165) is 26.4 Å². The summed E-state index contributed by atoms with van der Waals surface area (Å²) in [7, 11) is -2.73. The molecular formula is C34H34N4O5S. The van der Waals surface area contributed by atoms with E-state index in [2.05, 4.69) is 11.4 Å². The fraction of sp³-hybridized carbons (Fsp3) is 0.265. The van der Waals surface area contributed by atoms with Gasteiger partial charge in [0.25, 0.3) is 0 Å². The number of fused-ring (bicyclic) bond motifs is 1. The molecule has 9 nitrogen and oxygen atoms in total. The Kier molecular flexibility index (Phi) is 9.28. The van der Waals surface area contributed by atoms with Crippen LogP contribution in [0.5, 0.6) is 5.75 Å². The van der Waals surface area contributed by atoms with E-state index in [1.54, 1.807) is 47.4 Å². The predicted octanol–water partition coefficient (Wildman–Crippen LogP) is 4.18. The topological polar surface area (TPSA) is 120 Å². The number of benzene rings is 4. The summed E-state index contributed by atoms with van der Waals surface area (Å²) >= 11 is 0. The van der Waals surface area contributed by atoms with E-state index >= 15 is 0 Å². The Morgan fingerprint density at radius 3 is 2.55 bits per heavy atom. The molecule has 0 aliphatic carbocycles. The van der Waals surface area contributed by atoms with Gasteiger partial charge in [-0.3, -0.25) is 9.59 Å². The molecule has 1 fully saturated rings. The lowest BCUT2D eigenvalue weighted by atomic mass is 10.1. The first-order chi connectivity index (χ1) is 21.2. The molecule has 2 amide bonds. The second-order valence-corrected chi connectivity index (χ2v) is 12.8. The third kappa shape index (κ3) is 6.91. The number of nitrogens with zero attached hydrogens (tertiary/aromatic N) is 3. The molecule has 1 N–H and O–H groups in total. The van der Waals surface area contributed by atoms with Gasteiger partial charge in [-0.25, -0.2) is 8.42 Å². The first-order valence-corrected chi connectivity index (χ1v) is 15.8. The maximum Gasteiger partial charge on any atom is 0.244 e. The van der Waals surface area contributed by atoms with E-state index in [1.807, 2.05) is 43.3 Å². The van der Waals surface area contributed by atoms with Gasteiger partial charge in [-0.1, -0.05) is 54.1 Å². The molecule has 0 bridgehead atoms. The maximum atomic E-state index is 14.2. The summed E-state index contributed by atoms with van der Waals surface area (Å²) in [5.74, 6) is -0.291. The van der Waals surface area contributed by atoms with Crippen LogP contribution in [0, 0.1) is 18.3 Å². The van der Waals surface area contributed by atoms with Crippen molar-refractivity contribution >= 4 is 32.6 Å². The van der Waals surface area contributed by atoms with E-state index < -0.39 is 28.5 Å². The van der Waals surface area contributed by atoms with Gasteiger partial charge >= 0.3 is 0 Å². The van der Waals surface area contributed by atoms with Crippen LogP contribution >= 0.6 is 0 Å². The van der Waals surface area contributed by atoms with E-state index in [9.17, 15) is 23.3 Å². The van der Waals surface area contributed by atoms with Crippen molar-refractivity contribution < 1.29 is 22.7 Å².